The van der Waals surface area contributed by atoms with E-state index >= 15 is 19.2 Å². The molecule has 0 aliphatic carbocycles. The lowest BCUT2D eigenvalue weighted by Crippen LogP contribution is -2.60. The summed E-state index contributed by atoms with van der Waals surface area (Å²) < 4.78 is 11.0. The molecule has 6 heterocycles. The number of aryl methyl sites for hydroxylation is 1. The lowest BCUT2D eigenvalue weighted by molar-refractivity contribution is -0.148. The molecule has 3 saturated heterocycles. The second-order valence-electron chi connectivity index (χ2n) is 37.3. The number of carbonyl (C=O) groups is 20. The Morgan fingerprint density at radius 1 is 0.550 bits per heavy atom. The van der Waals surface area contributed by atoms with Crippen LogP contribution in [0.25, 0.3) is 10.9 Å². The van der Waals surface area contributed by atoms with E-state index in [1.165, 1.54) is 56.3 Å². The van der Waals surface area contributed by atoms with Crippen LogP contribution in [0.5, 0.6) is 0 Å². The van der Waals surface area contributed by atoms with Crippen molar-refractivity contribution in [1.82, 2.24) is 120 Å². The van der Waals surface area contributed by atoms with E-state index in [4.69, 9.17) is 32.1 Å². The third-order valence-electron chi connectivity index (χ3n) is 25.4. The molecule has 0 unspecified atom stereocenters. The molecule has 1 aromatic carbocycles. The number of nitrogens with one attached hydrogen (secondary N) is 18. The van der Waals surface area contributed by atoms with Gasteiger partial charge in [-0.3, -0.25) is 106 Å². The van der Waals surface area contributed by atoms with Crippen molar-refractivity contribution < 1.29 is 121 Å². The molecule has 53 nitrogen and oxygen atoms in total. The van der Waals surface area contributed by atoms with Crippen LogP contribution in [-0.2, 0) is 113 Å². The van der Waals surface area contributed by atoms with E-state index in [0.717, 1.165) is 61.1 Å². The molecule has 2 aromatic heterocycles. The SMILES string of the molecule is CC(=O)N[C@H]1CCNC(=O)C[C@@H](C(=O)N2CCC[C@H]2C(=O)N2CCC[C@H]2C(=O)N[C@@H](CCCNC(N)=O)C(=O)N[C@@H](CCC(=O)O)C(=O)N[C@@H](CCCCN(CC(=O)O)CC(=O)O)C(=O)N[C@@H](CCCCNC(=O)COCCOCCNC(=O)CCCCCCCCCCCCCCCc2nnn[nH]2)C(N)=O)NC(=O)[C@H](Cc2c[nH]c3ccccc23)NC(=O)[C@H](CCCNC(=N)N)NC(=O)CNC(=O)[C@H](CC2=CCC=N2)NC1=O. The molecule has 4 aliphatic heterocycles. The molecule has 0 saturated carbocycles. The predicted molar refractivity (Wildman–Crippen MR) is 537 cm³/mol. The van der Waals surface area contributed by atoms with Gasteiger partial charge < -0.3 is 137 Å². The zero-order chi connectivity index (χ0) is 108. The number of benzene rings is 1. The van der Waals surface area contributed by atoms with Gasteiger partial charge in [-0.05, 0) is 144 Å². The van der Waals surface area contributed by atoms with Crippen molar-refractivity contribution in [2.45, 2.75) is 305 Å². The minimum Gasteiger partial charge on any atom is -0.481 e. The van der Waals surface area contributed by atoms with Crippen molar-refractivity contribution in [1.29, 1.82) is 5.41 Å². The highest BCUT2D eigenvalue weighted by Gasteiger charge is 2.46. The Kier molecular flexibility index (Phi) is 55.0. The number of amides is 18. The second-order valence-corrected chi connectivity index (χ2v) is 37.3. The molecule has 3 fully saturated rings. The Morgan fingerprint density at radius 3 is 1.79 bits per heavy atom. The predicted octanol–water partition coefficient (Wildman–Crippen LogP) is -2.79. The van der Waals surface area contributed by atoms with Crippen LogP contribution in [0.3, 0.4) is 0 Å². The number of carbonyl (C=O) groups excluding carboxylic acids is 17. The van der Waals surface area contributed by atoms with Gasteiger partial charge in [0, 0.05) is 120 Å². The monoisotopic (exact) mass is 2100 g/mol. The fraction of sp³-hybridized carbons (Fsp3) is 0.656. The minimum absolute atomic E-state index is 0.0162. The van der Waals surface area contributed by atoms with Gasteiger partial charge in [0.2, 0.25) is 94.5 Å². The maximum absolute atomic E-state index is 15.6. The average Bonchev–Trinajstić information content (AvgIpc) is 1.65. The Balaban J connectivity index is 1.00. The number of urea groups is 1. The van der Waals surface area contributed by atoms with Crippen molar-refractivity contribution in [3.05, 3.63) is 53.6 Å². The summed E-state index contributed by atoms with van der Waals surface area (Å²) >= 11 is 0. The molecule has 0 bridgehead atoms. The highest BCUT2D eigenvalue weighted by Crippen LogP contribution is 2.28. The molecule has 3 aromatic rings. The first-order valence-corrected chi connectivity index (χ1v) is 51.3. The number of H-pyrrole nitrogens is 2. The first kappa shape index (κ1) is 122. The van der Waals surface area contributed by atoms with Crippen LogP contribution in [0.4, 0.5) is 4.79 Å². The number of aromatic nitrogens is 5. The van der Waals surface area contributed by atoms with Gasteiger partial charge in [-0.15, -0.1) is 5.10 Å². The van der Waals surface area contributed by atoms with E-state index in [2.05, 4.69) is 110 Å². The van der Waals surface area contributed by atoms with E-state index in [0.29, 0.717) is 41.5 Å². The number of hydrogen-bond donors (Lipinski definition) is 24. The number of rotatable bonds is 65. The van der Waals surface area contributed by atoms with E-state index in [1.54, 1.807) is 42.8 Å². The Hall–Kier alpha value is -14.4. The number of carboxylic acid groups (broad SMARTS) is 3. The number of nitrogens with zero attached hydrogens (tertiary/aromatic N) is 7. The van der Waals surface area contributed by atoms with Gasteiger partial charge >= 0.3 is 23.9 Å². The average molecular weight is 2100 g/mol. The zero-order valence-corrected chi connectivity index (χ0v) is 84.6. The number of aliphatic carboxylic acids is 3. The van der Waals surface area contributed by atoms with Gasteiger partial charge in [0.05, 0.1) is 45.9 Å². The number of unbranched alkanes of at least 4 members (excludes halogenated alkanes) is 14. The van der Waals surface area contributed by atoms with Crippen LogP contribution < -0.4 is 97.0 Å². The number of guanidine groups is 1. The molecule has 27 N–H and O–H groups in total. The summed E-state index contributed by atoms with van der Waals surface area (Å²) in [5.41, 5.74) is 18.2. The summed E-state index contributed by atoms with van der Waals surface area (Å²) in [7, 11) is 0. The highest BCUT2D eigenvalue weighted by molar-refractivity contribution is 6.01. The van der Waals surface area contributed by atoms with Crippen molar-refractivity contribution in [2.24, 2.45) is 22.2 Å². The molecule has 0 spiro atoms. The number of likely N-dealkylation sites (tertiary alicyclic amines) is 2. The van der Waals surface area contributed by atoms with Crippen LogP contribution >= 0.6 is 0 Å². The Bertz CT molecular complexity index is 4990. The lowest BCUT2D eigenvalue weighted by Gasteiger charge is -2.33. The van der Waals surface area contributed by atoms with Crippen LogP contribution in [0, 0.1) is 5.41 Å². The molecule has 11 atom stereocenters. The van der Waals surface area contributed by atoms with Gasteiger partial charge in [-0.25, -0.2) is 9.89 Å². The van der Waals surface area contributed by atoms with Crippen LogP contribution in [-0.4, -0.2) is 351 Å². The van der Waals surface area contributed by atoms with Crippen molar-refractivity contribution in [2.75, 3.05) is 98.4 Å². The number of hydrogen-bond acceptors (Lipinski definition) is 28. The summed E-state index contributed by atoms with van der Waals surface area (Å²) in [6.07, 6.45) is 17.9. The zero-order valence-electron chi connectivity index (χ0n) is 84.6. The second kappa shape index (κ2) is 67.5. The summed E-state index contributed by atoms with van der Waals surface area (Å²) in [6.45, 7) is -1.51. The fourth-order valence-corrected chi connectivity index (χ4v) is 17.7. The Labute approximate surface area is 862 Å². The number of aromatic amines is 2. The topological polar surface area (TPSA) is 795 Å². The van der Waals surface area contributed by atoms with Crippen molar-refractivity contribution in [3.8, 4) is 0 Å². The number of fused-ring (bicyclic) bond motifs is 1. The Morgan fingerprint density at radius 2 is 1.14 bits per heavy atom. The van der Waals surface area contributed by atoms with E-state index in [9.17, 15) is 92.0 Å². The molecule has 824 valence electrons. The molecular weight excluding hydrogens is 1950 g/mol. The van der Waals surface area contributed by atoms with Gasteiger partial charge in [-0.2, -0.15) is 0 Å². The van der Waals surface area contributed by atoms with Crippen molar-refractivity contribution in [3.63, 3.8) is 0 Å². The number of ether oxygens (including phenoxy) is 2. The summed E-state index contributed by atoms with van der Waals surface area (Å²) in [5.74, 6) is -17.7. The fourth-order valence-electron chi connectivity index (χ4n) is 17.7. The smallest absolute Gasteiger partial charge is 0.317 e. The standard InChI is InChI=1S/C96H150N28O25/c1-60(125)109-70-39-44-103-78(127)54-73(117-91(143)71(52-61-55-107-64-28-16-15-27-63(61)64)115-86(138)66(31-22-42-105-95(98)99)110-79(128)56-108-85(137)72(116-90(70)142)53-62-26-21-41-101-62)93(145)124-48-25-34-75(124)94(146)123-47-24-33-74(123)92(144)114-68(32-23-43-106-96(100)147)88(140)113-69(37-38-81(130)131)89(141)112-67(30-18-20-46-122(57-82(132)133)58-83(134)135)87(139)111-65(84(97)136)29-17-19-40-102-80(129)59-149-51-50-148-49-45-104-77(126)36-14-12-10-8-6-4-2-3-5-7-9-11-13-35-76-118-120-121-119-76/h15-16,26-28,41,55,65-75,107H,2-14,17-25,29-40,42-54,56-59H2,1H3,(H2,97,136)(H,102,129)(H,103,127)(H,104,126)(H,108,137)(H,109,125)(H,110,128)(H,111,139)(H,112,141)(H,113,140)(H,114,144)(H,115,138)(H,116,142)(H,117,143)(H,130,131)(H,132,133)(H,134,135)(H4,98,99,105)(H3,100,106,147)(H,118,119,120,121)/t65-,66-,67-,68-,69-,70-,71-,72-,73-,74-,75-/m0/s1. The van der Waals surface area contributed by atoms with Gasteiger partial charge in [-0.1, -0.05) is 94.9 Å². The molecule has 7 rings (SSSR count). The number of primary amides is 2. The van der Waals surface area contributed by atoms with E-state index in [-0.39, 0.29) is 181 Å². The molecule has 0 radical (unpaired) electrons. The number of aliphatic imine (C=N–C) groups is 1. The van der Waals surface area contributed by atoms with Gasteiger partial charge in [0.25, 0.3) is 0 Å². The molecule has 53 heteroatoms. The highest BCUT2D eigenvalue weighted by atomic mass is 16.5. The molecule has 149 heavy (non-hydrogen) atoms. The summed E-state index contributed by atoms with van der Waals surface area (Å²) in [5, 5.41) is 90.1. The number of allylic oxidation sites excluding steroid dienone is 1. The molecule has 4 aliphatic rings. The van der Waals surface area contributed by atoms with Gasteiger partial charge in [0.1, 0.15) is 78.9 Å². The van der Waals surface area contributed by atoms with Gasteiger partial charge in [0.15, 0.2) is 5.96 Å². The number of carboxylic acids is 3. The van der Waals surface area contributed by atoms with Crippen LogP contribution in [0.2, 0.25) is 0 Å². The summed E-state index contributed by atoms with van der Waals surface area (Å²) in [6, 6.07) is -11.3. The van der Waals surface area contributed by atoms with E-state index < -0.39 is 230 Å². The maximum Gasteiger partial charge on any atom is 0.317 e. The molecule has 18 amide bonds. The third kappa shape index (κ3) is 47.1. The van der Waals surface area contributed by atoms with Crippen LogP contribution in [0.1, 0.15) is 237 Å². The first-order valence-electron chi connectivity index (χ1n) is 51.3. The molecular formula is C96H150N28O25. The maximum atomic E-state index is 15.6. The largest absolute Gasteiger partial charge is 0.481 e. The van der Waals surface area contributed by atoms with E-state index in [1.807, 2.05) is 0 Å². The number of nitrogens with two attached hydrogens (primary N) is 3. The third-order valence-corrected chi connectivity index (χ3v) is 25.4. The quantitative estimate of drug-likeness (QED) is 0.0154. The number of tetrazole rings is 1. The normalized spacial score (nSPS) is 18.7. The lowest BCUT2D eigenvalue weighted by atomic mass is 10.0. The first-order chi connectivity index (χ1) is 71.5. The number of para-hydroxylation sites is 1. The minimum atomic E-state index is -1.89. The summed E-state index contributed by atoms with van der Waals surface area (Å²) in [4.78, 5) is 286. The van der Waals surface area contributed by atoms with Crippen molar-refractivity contribution >= 4 is 142 Å². The van der Waals surface area contributed by atoms with Crippen LogP contribution in [0.15, 0.2) is 47.2 Å².